The van der Waals surface area contributed by atoms with Gasteiger partial charge in [-0.15, -0.1) is 0 Å². The standard InChI is InChI=1S/C14H16BrClN2O3/c15-10-6-9(16)2-3-11(10)18-13(21)17-8-14(4-1-5-14)7-12(19)20/h2-3,6H,1,4-5,7-8H2,(H,19,20)(H2,17,18,21). The van der Waals surface area contributed by atoms with Gasteiger partial charge in [-0.2, -0.15) is 0 Å². The third-order valence-corrected chi connectivity index (χ3v) is 4.63. The highest BCUT2D eigenvalue weighted by molar-refractivity contribution is 9.10. The number of urea groups is 1. The number of carbonyl (C=O) groups excluding carboxylic acids is 1. The lowest BCUT2D eigenvalue weighted by molar-refractivity contribution is -0.141. The van der Waals surface area contributed by atoms with Crippen LogP contribution in [0.1, 0.15) is 25.7 Å². The lowest BCUT2D eigenvalue weighted by Gasteiger charge is -2.40. The summed E-state index contributed by atoms with van der Waals surface area (Å²) >= 11 is 9.15. The number of carbonyl (C=O) groups is 2. The Morgan fingerprint density at radius 2 is 2.10 bits per heavy atom. The van der Waals surface area contributed by atoms with Crippen LogP contribution in [0, 0.1) is 5.41 Å². The van der Waals surface area contributed by atoms with Crippen molar-refractivity contribution in [2.24, 2.45) is 5.41 Å². The Morgan fingerprint density at radius 1 is 1.38 bits per heavy atom. The molecule has 0 spiro atoms. The number of amides is 2. The zero-order chi connectivity index (χ0) is 15.5. The molecule has 0 unspecified atom stereocenters. The van der Waals surface area contributed by atoms with E-state index < -0.39 is 5.97 Å². The van der Waals surface area contributed by atoms with Crippen LogP contribution in [-0.2, 0) is 4.79 Å². The largest absolute Gasteiger partial charge is 0.481 e. The van der Waals surface area contributed by atoms with Gasteiger partial charge in [-0.25, -0.2) is 4.79 Å². The van der Waals surface area contributed by atoms with Crippen molar-refractivity contribution in [3.8, 4) is 0 Å². The summed E-state index contributed by atoms with van der Waals surface area (Å²) < 4.78 is 0.689. The fourth-order valence-electron chi connectivity index (χ4n) is 2.44. The lowest BCUT2D eigenvalue weighted by Crippen LogP contribution is -2.44. The molecule has 0 saturated heterocycles. The lowest BCUT2D eigenvalue weighted by atomic mass is 9.66. The number of halogens is 2. The Hall–Kier alpha value is -1.27. The number of benzene rings is 1. The topological polar surface area (TPSA) is 78.4 Å². The van der Waals surface area contributed by atoms with Crippen LogP contribution in [0.5, 0.6) is 0 Å². The molecule has 1 aliphatic rings. The van der Waals surface area contributed by atoms with E-state index in [0.29, 0.717) is 21.7 Å². The van der Waals surface area contributed by atoms with E-state index in [9.17, 15) is 9.59 Å². The average Bonchev–Trinajstić information content (AvgIpc) is 2.35. The molecule has 0 bridgehead atoms. The van der Waals surface area contributed by atoms with Crippen LogP contribution in [0.4, 0.5) is 10.5 Å². The van der Waals surface area contributed by atoms with Crippen molar-refractivity contribution < 1.29 is 14.7 Å². The van der Waals surface area contributed by atoms with Crippen LogP contribution in [0.2, 0.25) is 5.02 Å². The van der Waals surface area contributed by atoms with Gasteiger partial charge in [-0.3, -0.25) is 4.79 Å². The summed E-state index contributed by atoms with van der Waals surface area (Å²) in [5.41, 5.74) is 0.318. The average molecular weight is 376 g/mol. The van der Waals surface area contributed by atoms with Crippen molar-refractivity contribution in [3.05, 3.63) is 27.7 Å². The maximum absolute atomic E-state index is 11.9. The molecule has 5 nitrogen and oxygen atoms in total. The predicted octanol–water partition coefficient (Wildman–Crippen LogP) is 3.87. The summed E-state index contributed by atoms with van der Waals surface area (Å²) in [6.45, 7) is 0.371. The summed E-state index contributed by atoms with van der Waals surface area (Å²) in [5, 5.41) is 15.0. The van der Waals surface area contributed by atoms with E-state index in [0.717, 1.165) is 19.3 Å². The van der Waals surface area contributed by atoms with E-state index in [2.05, 4.69) is 26.6 Å². The molecule has 7 heteroatoms. The molecule has 1 fully saturated rings. The van der Waals surface area contributed by atoms with Crippen molar-refractivity contribution in [1.29, 1.82) is 0 Å². The maximum Gasteiger partial charge on any atom is 0.319 e. The fraction of sp³-hybridized carbons (Fsp3) is 0.429. The molecule has 2 amide bonds. The number of hydrogen-bond acceptors (Lipinski definition) is 2. The highest BCUT2D eigenvalue weighted by Crippen LogP contribution is 2.43. The normalized spacial score (nSPS) is 15.9. The Bertz CT molecular complexity index is 561. The molecule has 0 aliphatic heterocycles. The highest BCUT2D eigenvalue weighted by Gasteiger charge is 2.39. The van der Waals surface area contributed by atoms with Gasteiger partial charge in [0.05, 0.1) is 12.1 Å². The minimum Gasteiger partial charge on any atom is -0.481 e. The number of carboxylic acid groups (broad SMARTS) is 1. The number of anilines is 1. The molecule has 1 saturated carbocycles. The fourth-order valence-corrected chi connectivity index (χ4v) is 3.22. The molecule has 1 aromatic carbocycles. The van der Waals surface area contributed by atoms with E-state index in [1.807, 2.05) is 0 Å². The van der Waals surface area contributed by atoms with Gasteiger partial charge in [-0.1, -0.05) is 18.0 Å². The van der Waals surface area contributed by atoms with Gasteiger partial charge >= 0.3 is 12.0 Å². The van der Waals surface area contributed by atoms with E-state index in [-0.39, 0.29) is 17.9 Å². The summed E-state index contributed by atoms with van der Waals surface area (Å²) in [5.74, 6) is -0.822. The van der Waals surface area contributed by atoms with Gasteiger partial charge in [0.1, 0.15) is 0 Å². The van der Waals surface area contributed by atoms with Crippen molar-refractivity contribution in [2.45, 2.75) is 25.7 Å². The molecule has 1 aliphatic carbocycles. The van der Waals surface area contributed by atoms with Gasteiger partial charge in [0.2, 0.25) is 0 Å². The molecular formula is C14H16BrClN2O3. The summed E-state index contributed by atoms with van der Waals surface area (Å²) in [6, 6.07) is 4.71. The Kier molecular flexibility index (Phi) is 5.11. The predicted molar refractivity (Wildman–Crippen MR) is 84.7 cm³/mol. The molecule has 21 heavy (non-hydrogen) atoms. The quantitative estimate of drug-likeness (QED) is 0.731. The molecule has 3 N–H and O–H groups in total. The van der Waals surface area contributed by atoms with Crippen molar-refractivity contribution in [2.75, 3.05) is 11.9 Å². The first-order valence-electron chi connectivity index (χ1n) is 6.62. The monoisotopic (exact) mass is 374 g/mol. The summed E-state index contributed by atoms with van der Waals surface area (Å²) in [7, 11) is 0. The number of hydrogen-bond donors (Lipinski definition) is 3. The molecule has 0 aromatic heterocycles. The van der Waals surface area contributed by atoms with E-state index in [1.165, 1.54) is 0 Å². The zero-order valence-electron chi connectivity index (χ0n) is 11.3. The van der Waals surface area contributed by atoms with Gasteiger partial charge in [0.15, 0.2) is 0 Å². The van der Waals surface area contributed by atoms with Crippen LogP contribution >= 0.6 is 27.5 Å². The second-order valence-electron chi connectivity index (χ2n) is 5.36. The Morgan fingerprint density at radius 3 is 2.62 bits per heavy atom. The van der Waals surface area contributed by atoms with E-state index in [4.69, 9.17) is 16.7 Å². The van der Waals surface area contributed by atoms with Crippen molar-refractivity contribution >= 4 is 45.2 Å². The molecular weight excluding hydrogens is 360 g/mol. The first kappa shape index (κ1) is 16.1. The SMILES string of the molecule is O=C(O)CC1(CNC(=O)Nc2ccc(Cl)cc2Br)CCC1. The molecule has 0 radical (unpaired) electrons. The van der Waals surface area contributed by atoms with Gasteiger partial charge < -0.3 is 15.7 Å². The smallest absolute Gasteiger partial charge is 0.319 e. The Labute approximate surface area is 136 Å². The first-order chi connectivity index (χ1) is 9.90. The maximum atomic E-state index is 11.9. The zero-order valence-corrected chi connectivity index (χ0v) is 13.6. The van der Waals surface area contributed by atoms with Crippen molar-refractivity contribution in [1.82, 2.24) is 5.32 Å². The summed E-state index contributed by atoms with van der Waals surface area (Å²) in [6.07, 6.45) is 2.78. The molecule has 1 aromatic rings. The molecule has 2 rings (SSSR count). The minimum atomic E-state index is -0.822. The highest BCUT2D eigenvalue weighted by atomic mass is 79.9. The number of rotatable bonds is 5. The van der Waals surface area contributed by atoms with Crippen LogP contribution in [0.3, 0.4) is 0 Å². The van der Waals surface area contributed by atoms with E-state index in [1.54, 1.807) is 18.2 Å². The third kappa shape index (κ3) is 4.35. The second kappa shape index (κ2) is 6.66. The van der Waals surface area contributed by atoms with Crippen LogP contribution in [-0.4, -0.2) is 23.7 Å². The molecule has 0 atom stereocenters. The van der Waals surface area contributed by atoms with Gasteiger partial charge in [0, 0.05) is 16.0 Å². The minimum absolute atomic E-state index is 0.0952. The van der Waals surface area contributed by atoms with Gasteiger partial charge in [-0.05, 0) is 52.4 Å². The number of carboxylic acids is 1. The number of nitrogens with one attached hydrogen (secondary N) is 2. The van der Waals surface area contributed by atoms with Crippen LogP contribution in [0.15, 0.2) is 22.7 Å². The van der Waals surface area contributed by atoms with E-state index >= 15 is 0 Å². The van der Waals surface area contributed by atoms with Crippen LogP contribution in [0.25, 0.3) is 0 Å². The summed E-state index contributed by atoms with van der Waals surface area (Å²) in [4.78, 5) is 22.8. The first-order valence-corrected chi connectivity index (χ1v) is 7.79. The van der Waals surface area contributed by atoms with Crippen LogP contribution < -0.4 is 10.6 Å². The second-order valence-corrected chi connectivity index (χ2v) is 6.65. The number of aliphatic carboxylic acids is 1. The van der Waals surface area contributed by atoms with Crippen molar-refractivity contribution in [3.63, 3.8) is 0 Å². The third-order valence-electron chi connectivity index (χ3n) is 3.74. The molecule has 0 heterocycles. The Balaban J connectivity index is 1.88. The molecule has 114 valence electrons. The van der Waals surface area contributed by atoms with Gasteiger partial charge in [0.25, 0.3) is 0 Å².